The number of hydrogen-bond donors (Lipinski definition) is 1. The van der Waals surface area contributed by atoms with Crippen LogP contribution in [0.1, 0.15) is 59.8 Å². The van der Waals surface area contributed by atoms with Crippen molar-refractivity contribution in [2.75, 3.05) is 0 Å². The number of fused-ring (bicyclic) bond motifs is 1. The van der Waals surface area contributed by atoms with Crippen molar-refractivity contribution in [3.63, 3.8) is 0 Å². The highest BCUT2D eigenvalue weighted by molar-refractivity contribution is 5.91. The minimum absolute atomic E-state index is 0.148. The van der Waals surface area contributed by atoms with E-state index in [1.807, 2.05) is 19.1 Å². The van der Waals surface area contributed by atoms with Crippen molar-refractivity contribution in [1.82, 2.24) is 0 Å². The molecule has 3 atom stereocenters. The summed E-state index contributed by atoms with van der Waals surface area (Å²) in [5.41, 5.74) is 3.19. The van der Waals surface area contributed by atoms with Crippen molar-refractivity contribution in [3.8, 4) is 0 Å². The fourth-order valence-electron chi connectivity index (χ4n) is 3.48. The van der Waals surface area contributed by atoms with Crippen molar-refractivity contribution in [3.05, 3.63) is 34.9 Å². The van der Waals surface area contributed by atoms with Gasteiger partial charge in [0.05, 0.1) is 6.10 Å². The monoisotopic (exact) mass is 318 g/mol. The Morgan fingerprint density at radius 2 is 1.91 bits per heavy atom. The molecule has 0 aromatic carbocycles. The van der Waals surface area contributed by atoms with E-state index in [1.165, 1.54) is 11.1 Å². The maximum Gasteiger partial charge on any atom is 0.334 e. The lowest BCUT2D eigenvalue weighted by atomic mass is 9.84. The Kier molecular flexibility index (Phi) is 6.23. The van der Waals surface area contributed by atoms with Gasteiger partial charge in [-0.25, -0.2) is 4.79 Å². The molecule has 2 rings (SSSR count). The SMILES string of the molecule is C/C1=C/CC/C(C)=C/[C@@H](O)CC2=C[C@@H](OC2=O)[C@H](C(C)C)CC1. The van der Waals surface area contributed by atoms with Crippen molar-refractivity contribution < 1.29 is 14.6 Å². The molecule has 0 radical (unpaired) electrons. The molecule has 0 aromatic heterocycles. The molecule has 0 aromatic rings. The molecule has 0 amide bonds. The van der Waals surface area contributed by atoms with E-state index < -0.39 is 6.10 Å². The maximum atomic E-state index is 12.1. The van der Waals surface area contributed by atoms with Gasteiger partial charge in [-0.2, -0.15) is 0 Å². The van der Waals surface area contributed by atoms with Gasteiger partial charge < -0.3 is 9.84 Å². The van der Waals surface area contributed by atoms with Gasteiger partial charge in [0.25, 0.3) is 0 Å². The number of esters is 1. The first-order valence-electron chi connectivity index (χ1n) is 8.79. The van der Waals surface area contributed by atoms with Gasteiger partial charge in [-0.1, -0.05) is 37.1 Å². The number of carbonyl (C=O) groups excluding carboxylic acids is 1. The smallest absolute Gasteiger partial charge is 0.334 e. The molecule has 3 heteroatoms. The largest absolute Gasteiger partial charge is 0.454 e. The molecule has 0 saturated carbocycles. The summed E-state index contributed by atoms with van der Waals surface area (Å²) in [7, 11) is 0. The number of carbonyl (C=O) groups is 1. The van der Waals surface area contributed by atoms with Crippen LogP contribution in [0.5, 0.6) is 0 Å². The number of ether oxygens (including phenoxy) is 1. The Balaban J connectivity index is 2.25. The molecule has 1 N–H and O–H groups in total. The van der Waals surface area contributed by atoms with Crippen molar-refractivity contribution in [2.24, 2.45) is 11.8 Å². The average Bonchev–Trinajstić information content (AvgIpc) is 2.78. The fourth-order valence-corrected chi connectivity index (χ4v) is 3.48. The number of rotatable bonds is 1. The van der Waals surface area contributed by atoms with E-state index in [2.05, 4.69) is 26.8 Å². The zero-order valence-electron chi connectivity index (χ0n) is 14.8. The van der Waals surface area contributed by atoms with Gasteiger partial charge >= 0.3 is 5.97 Å². The van der Waals surface area contributed by atoms with E-state index in [9.17, 15) is 9.90 Å². The fraction of sp³-hybridized carbons (Fsp3) is 0.650. The maximum absolute atomic E-state index is 12.1. The normalized spacial score (nSPS) is 34.8. The predicted octanol–water partition coefficient (Wildman–Crippen LogP) is 4.33. The molecule has 1 aliphatic carbocycles. The van der Waals surface area contributed by atoms with Crippen LogP contribution in [0.3, 0.4) is 0 Å². The van der Waals surface area contributed by atoms with E-state index in [0.29, 0.717) is 23.8 Å². The first-order valence-corrected chi connectivity index (χ1v) is 8.79. The average molecular weight is 318 g/mol. The lowest BCUT2D eigenvalue weighted by molar-refractivity contribution is -0.142. The summed E-state index contributed by atoms with van der Waals surface area (Å²) >= 11 is 0. The van der Waals surface area contributed by atoms with Gasteiger partial charge in [0.15, 0.2) is 0 Å². The molecule has 1 aliphatic heterocycles. The van der Waals surface area contributed by atoms with Crippen LogP contribution in [0.25, 0.3) is 0 Å². The summed E-state index contributed by atoms with van der Waals surface area (Å²) in [5, 5.41) is 10.2. The third-order valence-electron chi connectivity index (χ3n) is 4.96. The van der Waals surface area contributed by atoms with Crippen molar-refractivity contribution in [2.45, 2.75) is 72.0 Å². The molecule has 0 unspecified atom stereocenters. The third kappa shape index (κ3) is 5.07. The van der Waals surface area contributed by atoms with E-state index in [1.54, 1.807) is 0 Å². The number of aliphatic hydroxyl groups excluding tert-OH is 1. The van der Waals surface area contributed by atoms with E-state index >= 15 is 0 Å². The van der Waals surface area contributed by atoms with Gasteiger partial charge in [0.2, 0.25) is 0 Å². The summed E-state index contributed by atoms with van der Waals surface area (Å²) in [5.74, 6) is 0.529. The molecule has 128 valence electrons. The summed E-state index contributed by atoms with van der Waals surface area (Å²) in [4.78, 5) is 12.1. The van der Waals surface area contributed by atoms with Crippen LogP contribution in [0, 0.1) is 11.8 Å². The Morgan fingerprint density at radius 1 is 1.17 bits per heavy atom. The highest BCUT2D eigenvalue weighted by atomic mass is 16.5. The molecule has 0 saturated heterocycles. The minimum atomic E-state index is -0.613. The molecule has 2 aliphatic rings. The van der Waals surface area contributed by atoms with Crippen LogP contribution in [0.15, 0.2) is 34.9 Å². The lowest BCUT2D eigenvalue weighted by Crippen LogP contribution is -2.25. The van der Waals surface area contributed by atoms with Crippen LogP contribution < -0.4 is 0 Å². The Hall–Kier alpha value is -1.35. The zero-order chi connectivity index (χ0) is 17.0. The van der Waals surface area contributed by atoms with Crippen LogP contribution in [-0.2, 0) is 9.53 Å². The third-order valence-corrected chi connectivity index (χ3v) is 4.96. The molecule has 0 spiro atoms. The van der Waals surface area contributed by atoms with Gasteiger partial charge in [0.1, 0.15) is 6.10 Å². The van der Waals surface area contributed by atoms with Crippen LogP contribution in [0.4, 0.5) is 0 Å². The van der Waals surface area contributed by atoms with E-state index in [0.717, 1.165) is 25.7 Å². The lowest BCUT2D eigenvalue weighted by Gasteiger charge is -2.25. The first kappa shape index (κ1) is 18.0. The summed E-state index contributed by atoms with van der Waals surface area (Å²) in [6.45, 7) is 8.59. The second kappa shape index (κ2) is 7.96. The second-order valence-corrected chi connectivity index (χ2v) is 7.38. The zero-order valence-corrected chi connectivity index (χ0v) is 14.8. The second-order valence-electron chi connectivity index (χ2n) is 7.38. The molecular formula is C20H30O3. The molecular weight excluding hydrogens is 288 g/mol. The predicted molar refractivity (Wildman–Crippen MR) is 92.9 cm³/mol. The number of hydrogen-bond acceptors (Lipinski definition) is 3. The van der Waals surface area contributed by atoms with Crippen molar-refractivity contribution >= 4 is 5.97 Å². The summed E-state index contributed by atoms with van der Waals surface area (Å²) in [6, 6.07) is 0. The van der Waals surface area contributed by atoms with Crippen LogP contribution in [0.2, 0.25) is 0 Å². The van der Waals surface area contributed by atoms with Crippen molar-refractivity contribution in [1.29, 1.82) is 0 Å². The Morgan fingerprint density at radius 3 is 2.61 bits per heavy atom. The van der Waals surface area contributed by atoms with E-state index in [-0.39, 0.29) is 12.1 Å². The standard InChI is InChI=1S/C20H30O3/c1-13(2)18-9-8-14(3)6-5-7-15(4)10-17(21)11-16-12-19(18)23-20(16)22/h6,10,12-13,17-19,21H,5,7-9,11H2,1-4H3/b14-6-,15-10+/t17-,18+,19-/m1/s1. The topological polar surface area (TPSA) is 46.5 Å². The summed E-state index contributed by atoms with van der Waals surface area (Å²) < 4.78 is 5.60. The first-order chi connectivity index (χ1) is 10.9. The molecule has 3 nitrogen and oxygen atoms in total. The molecule has 2 bridgehead atoms. The van der Waals surface area contributed by atoms with Crippen LogP contribution in [-0.4, -0.2) is 23.3 Å². The highest BCUT2D eigenvalue weighted by Gasteiger charge is 2.33. The minimum Gasteiger partial charge on any atom is -0.454 e. The molecule has 1 heterocycles. The van der Waals surface area contributed by atoms with Gasteiger partial charge in [0, 0.05) is 17.9 Å². The van der Waals surface area contributed by atoms with Crippen LogP contribution >= 0.6 is 0 Å². The van der Waals surface area contributed by atoms with Gasteiger partial charge in [-0.3, -0.25) is 0 Å². The Bertz CT molecular complexity index is 525. The van der Waals surface area contributed by atoms with Gasteiger partial charge in [-0.15, -0.1) is 0 Å². The quantitative estimate of drug-likeness (QED) is 0.578. The molecule has 23 heavy (non-hydrogen) atoms. The molecule has 0 fully saturated rings. The number of allylic oxidation sites excluding steroid dienone is 3. The summed E-state index contributed by atoms with van der Waals surface area (Å²) in [6.07, 6.45) is 9.75. The highest BCUT2D eigenvalue weighted by Crippen LogP contribution is 2.32. The van der Waals surface area contributed by atoms with Gasteiger partial charge in [-0.05, 0) is 51.5 Å². The number of aliphatic hydroxyl groups is 1. The Labute approximate surface area is 140 Å². The van der Waals surface area contributed by atoms with E-state index in [4.69, 9.17) is 4.74 Å².